The van der Waals surface area contributed by atoms with Gasteiger partial charge in [-0.05, 0) is 17.7 Å². The molecule has 2 aromatic rings. The molecular formula is C21H15ClN2O4S2. The monoisotopic (exact) mass is 458 g/mol. The van der Waals surface area contributed by atoms with Crippen molar-refractivity contribution in [1.82, 2.24) is 4.90 Å². The van der Waals surface area contributed by atoms with Gasteiger partial charge < -0.3 is 9.64 Å². The number of esters is 1. The number of anilines is 1. The summed E-state index contributed by atoms with van der Waals surface area (Å²) in [5.41, 5.74) is 2.41. The van der Waals surface area contributed by atoms with Crippen molar-refractivity contribution in [3.8, 4) is 0 Å². The Hall–Kier alpha value is -2.68. The van der Waals surface area contributed by atoms with Crippen LogP contribution in [0.3, 0.4) is 0 Å². The minimum Gasteiger partial charge on any atom is -0.468 e. The second-order valence-electron chi connectivity index (χ2n) is 6.54. The summed E-state index contributed by atoms with van der Waals surface area (Å²) in [6.45, 7) is -0.0292. The molecule has 30 heavy (non-hydrogen) atoms. The second-order valence-corrected chi connectivity index (χ2v) is 8.59. The maximum absolute atomic E-state index is 13.4. The smallest absolute Gasteiger partial charge is 0.325 e. The van der Waals surface area contributed by atoms with E-state index in [1.54, 1.807) is 23.1 Å². The van der Waals surface area contributed by atoms with Gasteiger partial charge in [0.05, 0.1) is 29.8 Å². The predicted molar refractivity (Wildman–Crippen MR) is 120 cm³/mol. The second kappa shape index (κ2) is 8.22. The van der Waals surface area contributed by atoms with Crippen molar-refractivity contribution in [2.45, 2.75) is 6.54 Å². The molecular weight excluding hydrogens is 444 g/mol. The number of thioether (sulfide) groups is 1. The number of methoxy groups -OCH3 is 1. The molecule has 0 aromatic heterocycles. The number of carbonyl (C=O) groups excluding carboxylic acids is 3. The zero-order valence-corrected chi connectivity index (χ0v) is 18.1. The lowest BCUT2D eigenvalue weighted by molar-refractivity contribution is -0.143. The van der Waals surface area contributed by atoms with Gasteiger partial charge in [0.15, 0.2) is 0 Å². The molecule has 9 heteroatoms. The average Bonchev–Trinajstić information content (AvgIpc) is 3.17. The number of nitrogens with zero attached hydrogens (tertiary/aromatic N) is 2. The fraction of sp³-hybridized carbons (Fsp3) is 0.143. The summed E-state index contributed by atoms with van der Waals surface area (Å²) in [5, 5.41) is 0.556. The molecule has 2 aliphatic rings. The van der Waals surface area contributed by atoms with E-state index in [4.69, 9.17) is 23.8 Å². The SMILES string of the molecule is COC(=O)CN1C(=O)C(=C2C(=O)N(Cc3ccccc3Cl)c3ccccc32)SC1=S. The molecule has 0 saturated carbocycles. The number of fused-ring (bicyclic) bond motifs is 1. The van der Waals surface area contributed by atoms with Gasteiger partial charge in [-0.1, -0.05) is 72.0 Å². The molecule has 2 aromatic carbocycles. The Bertz CT molecular complexity index is 1130. The summed E-state index contributed by atoms with van der Waals surface area (Å²) in [4.78, 5) is 41.0. The third-order valence-electron chi connectivity index (χ3n) is 4.80. The highest BCUT2D eigenvalue weighted by Crippen LogP contribution is 2.45. The Labute approximate surface area is 187 Å². The summed E-state index contributed by atoms with van der Waals surface area (Å²) < 4.78 is 4.85. The molecule has 0 aliphatic carbocycles. The fourth-order valence-electron chi connectivity index (χ4n) is 3.33. The maximum Gasteiger partial charge on any atom is 0.325 e. The molecule has 0 spiro atoms. The summed E-state index contributed by atoms with van der Waals surface area (Å²) >= 11 is 12.6. The van der Waals surface area contributed by atoms with Crippen molar-refractivity contribution in [3.05, 3.63) is 69.6 Å². The number of hydrogen-bond donors (Lipinski definition) is 0. The van der Waals surface area contributed by atoms with E-state index in [1.165, 1.54) is 7.11 Å². The number of carbonyl (C=O) groups is 3. The van der Waals surface area contributed by atoms with Crippen LogP contribution in [0, 0.1) is 0 Å². The molecule has 2 amide bonds. The van der Waals surface area contributed by atoms with Crippen LogP contribution in [0.1, 0.15) is 11.1 Å². The normalized spacial score (nSPS) is 18.3. The zero-order valence-electron chi connectivity index (χ0n) is 15.8. The van der Waals surface area contributed by atoms with E-state index in [2.05, 4.69) is 4.74 Å². The van der Waals surface area contributed by atoms with E-state index in [0.717, 1.165) is 22.2 Å². The number of rotatable bonds is 4. The molecule has 152 valence electrons. The van der Waals surface area contributed by atoms with Gasteiger partial charge in [-0.2, -0.15) is 0 Å². The van der Waals surface area contributed by atoms with Gasteiger partial charge in [0.25, 0.3) is 11.8 Å². The van der Waals surface area contributed by atoms with Crippen LogP contribution in [-0.2, 0) is 25.7 Å². The number of thiocarbonyl (C=S) groups is 1. The topological polar surface area (TPSA) is 66.9 Å². The molecule has 1 saturated heterocycles. The van der Waals surface area contributed by atoms with Crippen LogP contribution in [0.15, 0.2) is 53.4 Å². The number of benzene rings is 2. The van der Waals surface area contributed by atoms with Crippen LogP contribution in [-0.4, -0.2) is 40.7 Å². The van der Waals surface area contributed by atoms with E-state index in [0.29, 0.717) is 16.3 Å². The van der Waals surface area contributed by atoms with E-state index >= 15 is 0 Å². The van der Waals surface area contributed by atoms with Crippen LogP contribution >= 0.6 is 35.6 Å². The standard InChI is InChI=1S/C21H15ClN2O4S2/c1-28-16(25)11-24-20(27)18(30-21(24)29)17-13-7-3-5-9-15(13)23(19(17)26)10-12-6-2-4-8-14(12)22/h2-9H,10-11H2,1H3. The minimum atomic E-state index is -0.587. The molecule has 0 atom stereocenters. The molecule has 0 bridgehead atoms. The quantitative estimate of drug-likeness (QED) is 0.396. The molecule has 0 radical (unpaired) electrons. The van der Waals surface area contributed by atoms with Gasteiger partial charge in [0.2, 0.25) is 0 Å². The first-order valence-electron chi connectivity index (χ1n) is 8.91. The van der Waals surface area contributed by atoms with Crippen LogP contribution in [0.25, 0.3) is 5.57 Å². The Morgan fingerprint density at radius 1 is 1.07 bits per heavy atom. The van der Waals surface area contributed by atoms with Crippen molar-refractivity contribution < 1.29 is 19.1 Å². The van der Waals surface area contributed by atoms with Crippen molar-refractivity contribution in [2.24, 2.45) is 0 Å². The van der Waals surface area contributed by atoms with E-state index in [-0.39, 0.29) is 33.8 Å². The number of hydrogen-bond acceptors (Lipinski definition) is 6. The Morgan fingerprint density at radius 3 is 2.50 bits per heavy atom. The largest absolute Gasteiger partial charge is 0.468 e. The van der Waals surface area contributed by atoms with Crippen molar-refractivity contribution in [1.29, 1.82) is 0 Å². The highest BCUT2D eigenvalue weighted by Gasteiger charge is 2.42. The lowest BCUT2D eigenvalue weighted by Gasteiger charge is -2.18. The molecule has 0 unspecified atom stereocenters. The first kappa shape index (κ1) is 20.6. The Balaban J connectivity index is 1.76. The third-order valence-corrected chi connectivity index (χ3v) is 6.62. The van der Waals surface area contributed by atoms with Crippen LogP contribution < -0.4 is 4.90 Å². The number of para-hydroxylation sites is 1. The van der Waals surface area contributed by atoms with E-state index in [1.807, 2.05) is 30.3 Å². The first-order chi connectivity index (χ1) is 14.4. The summed E-state index contributed by atoms with van der Waals surface area (Å²) in [6.07, 6.45) is 0. The third kappa shape index (κ3) is 3.51. The average molecular weight is 459 g/mol. The first-order valence-corrected chi connectivity index (χ1v) is 10.5. The molecule has 6 nitrogen and oxygen atoms in total. The van der Waals surface area contributed by atoms with Gasteiger partial charge in [0.1, 0.15) is 10.9 Å². The van der Waals surface area contributed by atoms with Gasteiger partial charge >= 0.3 is 5.97 Å². The van der Waals surface area contributed by atoms with Crippen LogP contribution in [0.4, 0.5) is 5.69 Å². The number of ether oxygens (including phenoxy) is 1. The molecule has 2 aliphatic heterocycles. The fourth-order valence-corrected chi connectivity index (χ4v) is 4.85. The Kier molecular flexibility index (Phi) is 5.64. The molecule has 1 fully saturated rings. The van der Waals surface area contributed by atoms with Gasteiger partial charge in [0, 0.05) is 10.6 Å². The van der Waals surface area contributed by atoms with Gasteiger partial charge in [-0.25, -0.2) is 0 Å². The maximum atomic E-state index is 13.4. The molecule has 4 rings (SSSR count). The number of halogens is 1. The highest BCUT2D eigenvalue weighted by molar-refractivity contribution is 8.26. The lowest BCUT2D eigenvalue weighted by atomic mass is 10.1. The zero-order chi connectivity index (χ0) is 21.4. The summed E-state index contributed by atoms with van der Waals surface area (Å²) in [7, 11) is 1.24. The summed E-state index contributed by atoms with van der Waals surface area (Å²) in [5.74, 6) is -1.38. The minimum absolute atomic E-state index is 0.211. The van der Waals surface area contributed by atoms with Gasteiger partial charge in [-0.3, -0.25) is 19.3 Å². The van der Waals surface area contributed by atoms with Crippen molar-refractivity contribution in [3.63, 3.8) is 0 Å². The molecule has 0 N–H and O–H groups in total. The van der Waals surface area contributed by atoms with E-state index in [9.17, 15) is 14.4 Å². The summed E-state index contributed by atoms with van der Waals surface area (Å²) in [6, 6.07) is 14.6. The predicted octanol–water partition coefficient (Wildman–Crippen LogP) is 3.63. The van der Waals surface area contributed by atoms with Crippen molar-refractivity contribution in [2.75, 3.05) is 18.6 Å². The highest BCUT2D eigenvalue weighted by atomic mass is 35.5. The van der Waals surface area contributed by atoms with Crippen LogP contribution in [0.5, 0.6) is 0 Å². The Morgan fingerprint density at radius 2 is 1.77 bits per heavy atom. The lowest BCUT2D eigenvalue weighted by Crippen LogP contribution is -2.34. The number of amides is 2. The van der Waals surface area contributed by atoms with Crippen molar-refractivity contribution >= 4 is 68.9 Å². The molecule has 2 heterocycles. The van der Waals surface area contributed by atoms with Gasteiger partial charge in [-0.15, -0.1) is 0 Å². The van der Waals surface area contributed by atoms with Crippen LogP contribution in [0.2, 0.25) is 5.02 Å². The van der Waals surface area contributed by atoms with E-state index < -0.39 is 11.9 Å².